The van der Waals surface area contributed by atoms with E-state index in [-0.39, 0.29) is 12.3 Å². The second-order valence-electron chi connectivity index (χ2n) is 7.41. The Morgan fingerprint density at radius 3 is 2.50 bits per heavy atom. The van der Waals surface area contributed by atoms with Gasteiger partial charge in [-0.15, -0.1) is 0 Å². The molecule has 1 amide bonds. The molecule has 0 saturated heterocycles. The van der Waals surface area contributed by atoms with Gasteiger partial charge < -0.3 is 14.2 Å². The van der Waals surface area contributed by atoms with Gasteiger partial charge in [0.05, 0.1) is 22.2 Å². The van der Waals surface area contributed by atoms with E-state index in [9.17, 15) is 4.79 Å². The Bertz CT molecular complexity index is 974. The predicted molar refractivity (Wildman–Crippen MR) is 121 cm³/mol. The molecule has 5 nitrogen and oxygen atoms in total. The Morgan fingerprint density at radius 1 is 1.03 bits per heavy atom. The second kappa shape index (κ2) is 10.6. The molecule has 1 aromatic heterocycles. The smallest absolute Gasteiger partial charge is 0.229 e. The highest BCUT2D eigenvalue weighted by molar-refractivity contribution is 6.42. The van der Waals surface area contributed by atoms with E-state index in [1.807, 2.05) is 55.4 Å². The molecule has 0 aliphatic carbocycles. The molecule has 7 heteroatoms. The van der Waals surface area contributed by atoms with Crippen molar-refractivity contribution >= 4 is 29.1 Å². The summed E-state index contributed by atoms with van der Waals surface area (Å²) in [5, 5.41) is 0.987. The Labute approximate surface area is 187 Å². The van der Waals surface area contributed by atoms with Gasteiger partial charge in [-0.3, -0.25) is 4.79 Å². The third-order valence-corrected chi connectivity index (χ3v) is 5.39. The van der Waals surface area contributed by atoms with Crippen LogP contribution in [0.3, 0.4) is 0 Å². The molecule has 0 N–H and O–H groups in total. The maximum Gasteiger partial charge on any atom is 0.229 e. The highest BCUT2D eigenvalue weighted by atomic mass is 35.5. The Kier molecular flexibility index (Phi) is 7.91. The molecule has 3 aromatic rings. The summed E-state index contributed by atoms with van der Waals surface area (Å²) in [7, 11) is 4.04. The van der Waals surface area contributed by atoms with Crippen LogP contribution in [-0.4, -0.2) is 47.9 Å². The van der Waals surface area contributed by atoms with E-state index >= 15 is 0 Å². The standard InChI is InChI=1S/C23H25Cl2N3O2/c1-27(2)11-6-12-28(15-17-9-10-20(24)21(25)13-17)22(29)14-19-16-30-23(26-19)18-7-4-3-5-8-18/h3-5,7-10,13,16H,6,11-12,14-15H2,1-2H3. The van der Waals surface area contributed by atoms with Crippen molar-refractivity contribution in [1.29, 1.82) is 0 Å². The zero-order valence-electron chi connectivity index (χ0n) is 17.1. The van der Waals surface area contributed by atoms with Gasteiger partial charge in [0, 0.05) is 18.7 Å². The number of benzene rings is 2. The van der Waals surface area contributed by atoms with Gasteiger partial charge >= 0.3 is 0 Å². The fourth-order valence-corrected chi connectivity index (χ4v) is 3.42. The molecule has 0 unspecified atom stereocenters. The van der Waals surface area contributed by atoms with E-state index < -0.39 is 0 Å². The molecule has 158 valence electrons. The van der Waals surface area contributed by atoms with Gasteiger partial charge in [-0.25, -0.2) is 4.98 Å². The lowest BCUT2D eigenvalue weighted by Crippen LogP contribution is -2.34. The van der Waals surface area contributed by atoms with Gasteiger partial charge in [-0.2, -0.15) is 0 Å². The topological polar surface area (TPSA) is 49.6 Å². The molecule has 1 heterocycles. The largest absolute Gasteiger partial charge is 0.444 e. The zero-order valence-corrected chi connectivity index (χ0v) is 18.7. The Morgan fingerprint density at radius 2 is 1.80 bits per heavy atom. The van der Waals surface area contributed by atoms with Crippen LogP contribution >= 0.6 is 23.2 Å². The van der Waals surface area contributed by atoms with Crippen LogP contribution in [-0.2, 0) is 17.8 Å². The van der Waals surface area contributed by atoms with Gasteiger partial charge in [0.1, 0.15) is 6.26 Å². The van der Waals surface area contributed by atoms with Crippen LogP contribution in [0.15, 0.2) is 59.2 Å². The number of hydrogen-bond donors (Lipinski definition) is 0. The van der Waals surface area contributed by atoms with Crippen molar-refractivity contribution in [2.24, 2.45) is 0 Å². The lowest BCUT2D eigenvalue weighted by molar-refractivity contribution is -0.131. The molecule has 0 fully saturated rings. The second-order valence-corrected chi connectivity index (χ2v) is 8.22. The van der Waals surface area contributed by atoms with Gasteiger partial charge in [0.2, 0.25) is 11.8 Å². The van der Waals surface area contributed by atoms with E-state index in [0.29, 0.717) is 34.7 Å². The van der Waals surface area contributed by atoms with E-state index in [1.54, 1.807) is 18.4 Å². The fraction of sp³-hybridized carbons (Fsp3) is 0.304. The predicted octanol–water partition coefficient (Wildman–Crippen LogP) is 5.17. The van der Waals surface area contributed by atoms with Crippen molar-refractivity contribution in [3.05, 3.63) is 76.1 Å². The van der Waals surface area contributed by atoms with E-state index in [2.05, 4.69) is 9.88 Å². The van der Waals surface area contributed by atoms with E-state index in [0.717, 1.165) is 24.1 Å². The highest BCUT2D eigenvalue weighted by Gasteiger charge is 2.18. The maximum absolute atomic E-state index is 13.1. The van der Waals surface area contributed by atoms with Gasteiger partial charge in [-0.05, 0) is 56.9 Å². The first-order valence-electron chi connectivity index (χ1n) is 9.78. The van der Waals surface area contributed by atoms with Gasteiger partial charge in [0.25, 0.3) is 0 Å². The van der Waals surface area contributed by atoms with Crippen LogP contribution in [0.5, 0.6) is 0 Å². The maximum atomic E-state index is 13.1. The number of carbonyl (C=O) groups is 1. The number of halogens is 2. The van der Waals surface area contributed by atoms with Crippen LogP contribution in [0, 0.1) is 0 Å². The van der Waals surface area contributed by atoms with Crippen molar-refractivity contribution in [1.82, 2.24) is 14.8 Å². The van der Waals surface area contributed by atoms with Gasteiger partial charge in [-0.1, -0.05) is 47.5 Å². The summed E-state index contributed by atoms with van der Waals surface area (Å²) in [5.74, 6) is 0.509. The van der Waals surface area contributed by atoms with Crippen LogP contribution in [0.25, 0.3) is 11.5 Å². The third kappa shape index (κ3) is 6.33. The molecule has 0 aliphatic rings. The van der Waals surface area contributed by atoms with Crippen LogP contribution in [0.1, 0.15) is 17.7 Å². The van der Waals surface area contributed by atoms with E-state index in [4.69, 9.17) is 27.6 Å². The zero-order chi connectivity index (χ0) is 21.5. The Balaban J connectivity index is 1.70. The fourth-order valence-electron chi connectivity index (χ4n) is 3.10. The van der Waals surface area contributed by atoms with Crippen molar-refractivity contribution < 1.29 is 9.21 Å². The summed E-state index contributed by atoms with van der Waals surface area (Å²) in [6, 6.07) is 15.1. The number of oxazole rings is 1. The molecule has 0 radical (unpaired) electrons. The van der Waals surface area contributed by atoms with Gasteiger partial charge in [0.15, 0.2) is 0 Å². The van der Waals surface area contributed by atoms with Crippen LogP contribution in [0.4, 0.5) is 0 Å². The summed E-state index contributed by atoms with van der Waals surface area (Å²) in [6.45, 7) is 2.00. The number of aromatic nitrogens is 1. The normalized spacial score (nSPS) is 11.1. The van der Waals surface area contributed by atoms with Crippen molar-refractivity contribution in [2.75, 3.05) is 27.2 Å². The van der Waals surface area contributed by atoms with E-state index in [1.165, 1.54) is 0 Å². The monoisotopic (exact) mass is 445 g/mol. The van der Waals surface area contributed by atoms with Crippen molar-refractivity contribution in [2.45, 2.75) is 19.4 Å². The molecule has 2 aromatic carbocycles. The van der Waals surface area contributed by atoms with Crippen LogP contribution in [0.2, 0.25) is 10.0 Å². The number of carbonyl (C=O) groups excluding carboxylic acids is 1. The molecular weight excluding hydrogens is 421 g/mol. The lowest BCUT2D eigenvalue weighted by Gasteiger charge is -2.23. The molecule has 0 bridgehead atoms. The number of nitrogens with zero attached hydrogens (tertiary/aromatic N) is 3. The van der Waals surface area contributed by atoms with Crippen LogP contribution < -0.4 is 0 Å². The average molecular weight is 446 g/mol. The third-order valence-electron chi connectivity index (χ3n) is 4.65. The summed E-state index contributed by atoms with van der Waals surface area (Å²) < 4.78 is 5.57. The summed E-state index contributed by atoms with van der Waals surface area (Å²) in [4.78, 5) is 21.5. The molecule has 0 aliphatic heterocycles. The molecule has 0 spiro atoms. The minimum Gasteiger partial charge on any atom is -0.444 e. The summed E-state index contributed by atoms with van der Waals surface area (Å²) in [6.07, 6.45) is 2.60. The molecule has 0 atom stereocenters. The molecule has 30 heavy (non-hydrogen) atoms. The number of rotatable bonds is 9. The number of hydrogen-bond acceptors (Lipinski definition) is 4. The lowest BCUT2D eigenvalue weighted by atomic mass is 10.2. The Hall–Kier alpha value is -2.34. The first-order chi connectivity index (χ1) is 14.4. The minimum absolute atomic E-state index is 0.00672. The molecular formula is C23H25Cl2N3O2. The average Bonchev–Trinajstić information content (AvgIpc) is 3.19. The highest BCUT2D eigenvalue weighted by Crippen LogP contribution is 2.24. The molecule has 3 rings (SSSR count). The first-order valence-corrected chi connectivity index (χ1v) is 10.5. The minimum atomic E-state index is -0.00672. The van der Waals surface area contributed by atoms with Crippen molar-refractivity contribution in [3.8, 4) is 11.5 Å². The molecule has 0 saturated carbocycles. The SMILES string of the molecule is CN(C)CCCN(Cc1ccc(Cl)c(Cl)c1)C(=O)Cc1coc(-c2ccccc2)n1. The van der Waals surface area contributed by atoms with Crippen molar-refractivity contribution in [3.63, 3.8) is 0 Å². The quantitative estimate of drug-likeness (QED) is 0.455. The summed E-state index contributed by atoms with van der Waals surface area (Å²) in [5.41, 5.74) is 2.44. The number of amides is 1. The summed E-state index contributed by atoms with van der Waals surface area (Å²) >= 11 is 12.2. The first kappa shape index (κ1) is 22.3.